The highest BCUT2D eigenvalue weighted by molar-refractivity contribution is 5.69. The van der Waals surface area contributed by atoms with Gasteiger partial charge in [-0.25, -0.2) is 4.79 Å². The van der Waals surface area contributed by atoms with Crippen LogP contribution < -0.4 is 0 Å². The molecule has 2 saturated heterocycles. The van der Waals surface area contributed by atoms with Crippen LogP contribution in [0, 0.1) is 11.8 Å². The fourth-order valence-electron chi connectivity index (χ4n) is 4.42. The van der Waals surface area contributed by atoms with E-state index in [1.165, 1.54) is 12.0 Å². The Hall–Kier alpha value is -1.81. The number of carbonyl (C=O) groups is 1. The maximum Gasteiger partial charge on any atom is 0.410 e. The van der Waals surface area contributed by atoms with Crippen molar-refractivity contribution in [2.75, 3.05) is 19.6 Å². The molecule has 1 amide bonds. The van der Waals surface area contributed by atoms with Gasteiger partial charge in [0.2, 0.25) is 0 Å². The molecule has 0 spiro atoms. The molecule has 4 heteroatoms. The summed E-state index contributed by atoms with van der Waals surface area (Å²) in [4.78, 5) is 17.3. The first-order valence-electron chi connectivity index (χ1n) is 9.72. The lowest BCUT2D eigenvalue weighted by Gasteiger charge is -2.50. The Bertz CT molecular complexity index is 623. The second-order valence-corrected chi connectivity index (χ2v) is 8.77. The Kier molecular flexibility index (Phi) is 5.71. The summed E-state index contributed by atoms with van der Waals surface area (Å²) in [5, 5.41) is 0. The molecule has 26 heavy (non-hydrogen) atoms. The lowest BCUT2D eigenvalue weighted by molar-refractivity contribution is -0.0370. The van der Waals surface area contributed by atoms with Gasteiger partial charge < -0.3 is 9.64 Å². The van der Waals surface area contributed by atoms with Crippen LogP contribution in [-0.4, -0.2) is 47.2 Å². The number of amides is 1. The molecule has 142 valence electrons. The summed E-state index contributed by atoms with van der Waals surface area (Å²) in [5.74, 6) is 1.00. The van der Waals surface area contributed by atoms with E-state index in [0.717, 1.165) is 32.6 Å². The summed E-state index contributed by atoms with van der Waals surface area (Å²) in [6.45, 7) is 13.6. The standard InChI is InChI=1S/C22H32N2O2/c1-5-9-20-19-12-18(15-24(20)21(25)26-22(2,3)4)14-23(16-19)13-17-10-7-6-8-11-17/h5-8,10-11,18-20H,1,9,12-16H2,2-4H3/t18-,19+,20-/m0/s1. The Morgan fingerprint density at radius 1 is 1.23 bits per heavy atom. The SMILES string of the molecule is C=CC[C@H]1[C@@H]2C[C@@H](CN(Cc3ccccc3)C2)CN1C(=O)OC(C)(C)C. The van der Waals surface area contributed by atoms with Crippen molar-refractivity contribution in [1.82, 2.24) is 9.80 Å². The molecule has 2 heterocycles. The summed E-state index contributed by atoms with van der Waals surface area (Å²) < 4.78 is 5.68. The number of benzene rings is 1. The third-order valence-electron chi connectivity index (χ3n) is 5.33. The summed E-state index contributed by atoms with van der Waals surface area (Å²) in [6, 6.07) is 10.8. The van der Waals surface area contributed by atoms with Crippen LogP contribution in [0.2, 0.25) is 0 Å². The quantitative estimate of drug-likeness (QED) is 0.753. The van der Waals surface area contributed by atoms with Gasteiger partial charge in [0.1, 0.15) is 5.60 Å². The van der Waals surface area contributed by atoms with Crippen molar-refractivity contribution in [3.05, 3.63) is 48.6 Å². The van der Waals surface area contributed by atoms with Gasteiger partial charge in [0.15, 0.2) is 0 Å². The number of fused-ring (bicyclic) bond motifs is 2. The smallest absolute Gasteiger partial charge is 0.410 e. The first kappa shape index (κ1) is 19.0. The molecule has 2 aliphatic rings. The molecule has 0 radical (unpaired) electrons. The van der Waals surface area contributed by atoms with Crippen LogP contribution in [0.1, 0.15) is 39.2 Å². The van der Waals surface area contributed by atoms with E-state index in [-0.39, 0.29) is 12.1 Å². The molecule has 2 fully saturated rings. The van der Waals surface area contributed by atoms with Gasteiger partial charge in [0.25, 0.3) is 0 Å². The maximum atomic E-state index is 12.8. The van der Waals surface area contributed by atoms with Gasteiger partial charge in [-0.05, 0) is 51.0 Å². The summed E-state index contributed by atoms with van der Waals surface area (Å²) >= 11 is 0. The van der Waals surface area contributed by atoms with E-state index in [1.54, 1.807) is 0 Å². The Balaban J connectivity index is 1.71. The molecule has 0 saturated carbocycles. The molecule has 0 unspecified atom stereocenters. The van der Waals surface area contributed by atoms with E-state index in [1.807, 2.05) is 31.7 Å². The van der Waals surface area contributed by atoms with Gasteiger partial charge in [-0.2, -0.15) is 0 Å². The normalized spacial score (nSPS) is 26.4. The van der Waals surface area contributed by atoms with Gasteiger partial charge in [-0.1, -0.05) is 36.4 Å². The molecule has 0 N–H and O–H groups in total. The largest absolute Gasteiger partial charge is 0.444 e. The number of hydrogen-bond donors (Lipinski definition) is 0. The van der Waals surface area contributed by atoms with E-state index in [0.29, 0.717) is 11.8 Å². The minimum Gasteiger partial charge on any atom is -0.444 e. The van der Waals surface area contributed by atoms with Gasteiger partial charge in [0.05, 0.1) is 0 Å². The lowest BCUT2D eigenvalue weighted by atomic mass is 9.78. The Morgan fingerprint density at radius 2 is 1.96 bits per heavy atom. The number of ether oxygens (including phenoxy) is 1. The van der Waals surface area contributed by atoms with Gasteiger partial charge >= 0.3 is 6.09 Å². The van der Waals surface area contributed by atoms with E-state index >= 15 is 0 Å². The number of nitrogens with zero attached hydrogens (tertiary/aromatic N) is 2. The van der Waals surface area contributed by atoms with E-state index in [4.69, 9.17) is 4.74 Å². The van der Waals surface area contributed by atoms with Crippen molar-refractivity contribution in [1.29, 1.82) is 0 Å². The van der Waals surface area contributed by atoms with Crippen LogP contribution in [-0.2, 0) is 11.3 Å². The molecule has 2 bridgehead atoms. The maximum absolute atomic E-state index is 12.8. The number of carbonyl (C=O) groups excluding carboxylic acids is 1. The predicted octanol–water partition coefficient (Wildman–Crippen LogP) is 4.32. The van der Waals surface area contributed by atoms with Crippen LogP contribution in [0.25, 0.3) is 0 Å². The Labute approximate surface area is 157 Å². The third-order valence-corrected chi connectivity index (χ3v) is 5.33. The average molecular weight is 357 g/mol. The zero-order chi connectivity index (χ0) is 18.7. The zero-order valence-corrected chi connectivity index (χ0v) is 16.4. The monoisotopic (exact) mass is 356 g/mol. The minimum absolute atomic E-state index is 0.171. The molecular weight excluding hydrogens is 324 g/mol. The zero-order valence-electron chi connectivity index (χ0n) is 16.4. The van der Waals surface area contributed by atoms with Crippen LogP contribution in [0.15, 0.2) is 43.0 Å². The van der Waals surface area contributed by atoms with Gasteiger partial charge in [0, 0.05) is 32.2 Å². The minimum atomic E-state index is -0.457. The fraction of sp³-hybridized carbons (Fsp3) is 0.591. The molecule has 4 nitrogen and oxygen atoms in total. The molecular formula is C22H32N2O2. The second-order valence-electron chi connectivity index (χ2n) is 8.77. The average Bonchev–Trinajstić information content (AvgIpc) is 2.56. The predicted molar refractivity (Wildman–Crippen MR) is 105 cm³/mol. The number of hydrogen-bond acceptors (Lipinski definition) is 3. The van der Waals surface area contributed by atoms with Crippen molar-refractivity contribution >= 4 is 6.09 Å². The molecule has 3 atom stereocenters. The number of likely N-dealkylation sites (tertiary alicyclic amines) is 2. The molecule has 0 aromatic heterocycles. The molecule has 2 aliphatic heterocycles. The van der Waals surface area contributed by atoms with Crippen molar-refractivity contribution in [3.63, 3.8) is 0 Å². The Morgan fingerprint density at radius 3 is 2.62 bits per heavy atom. The van der Waals surface area contributed by atoms with Crippen LogP contribution in [0.4, 0.5) is 4.79 Å². The van der Waals surface area contributed by atoms with Crippen LogP contribution >= 0.6 is 0 Å². The lowest BCUT2D eigenvalue weighted by Crippen LogP contribution is -2.59. The topological polar surface area (TPSA) is 32.8 Å². The highest BCUT2D eigenvalue weighted by Crippen LogP contribution is 2.36. The van der Waals surface area contributed by atoms with Gasteiger partial charge in [-0.3, -0.25) is 4.90 Å². The van der Waals surface area contributed by atoms with E-state index in [9.17, 15) is 4.79 Å². The first-order chi connectivity index (χ1) is 12.4. The summed E-state index contributed by atoms with van der Waals surface area (Å²) in [5.41, 5.74) is 0.901. The van der Waals surface area contributed by atoms with Crippen molar-refractivity contribution in [2.45, 2.75) is 51.8 Å². The summed E-state index contributed by atoms with van der Waals surface area (Å²) in [6.07, 6.45) is 3.80. The van der Waals surface area contributed by atoms with Crippen LogP contribution in [0.5, 0.6) is 0 Å². The highest BCUT2D eigenvalue weighted by atomic mass is 16.6. The first-order valence-corrected chi connectivity index (χ1v) is 9.72. The molecule has 1 aromatic carbocycles. The highest BCUT2D eigenvalue weighted by Gasteiger charge is 2.43. The van der Waals surface area contributed by atoms with Crippen molar-refractivity contribution < 1.29 is 9.53 Å². The van der Waals surface area contributed by atoms with Crippen molar-refractivity contribution in [2.24, 2.45) is 11.8 Å². The third kappa shape index (κ3) is 4.67. The van der Waals surface area contributed by atoms with Crippen molar-refractivity contribution in [3.8, 4) is 0 Å². The summed E-state index contributed by atoms with van der Waals surface area (Å²) in [7, 11) is 0. The second kappa shape index (κ2) is 7.83. The molecule has 1 aromatic rings. The molecule has 0 aliphatic carbocycles. The van der Waals surface area contributed by atoms with E-state index in [2.05, 4.69) is 41.8 Å². The van der Waals surface area contributed by atoms with E-state index < -0.39 is 5.60 Å². The number of rotatable bonds is 4. The molecule has 3 rings (SSSR count). The van der Waals surface area contributed by atoms with Gasteiger partial charge in [-0.15, -0.1) is 6.58 Å². The fourth-order valence-corrected chi connectivity index (χ4v) is 4.42. The van der Waals surface area contributed by atoms with Crippen LogP contribution in [0.3, 0.4) is 0 Å². The number of piperidine rings is 2.